The van der Waals surface area contributed by atoms with Gasteiger partial charge in [-0.05, 0) is 84.2 Å². The lowest BCUT2D eigenvalue weighted by Crippen LogP contribution is -2.18. The smallest absolute Gasteiger partial charge is 0.275 e. The fourth-order valence-electron chi connectivity index (χ4n) is 4.58. The summed E-state index contributed by atoms with van der Waals surface area (Å²) in [7, 11) is 0. The highest BCUT2D eigenvalue weighted by atomic mass is 35.5. The average molecular weight is 472 g/mol. The Balaban J connectivity index is 1.35. The first-order chi connectivity index (χ1) is 16.1. The molecule has 3 heterocycles. The monoisotopic (exact) mass is 471 g/mol. The maximum absolute atomic E-state index is 13.3. The highest BCUT2D eigenvalue weighted by Crippen LogP contribution is 2.32. The lowest BCUT2D eigenvalue weighted by Gasteiger charge is -2.15. The summed E-state index contributed by atoms with van der Waals surface area (Å²) in [5.41, 5.74) is 3.87. The number of aromatic nitrogens is 2. The van der Waals surface area contributed by atoms with Gasteiger partial charge in [-0.1, -0.05) is 41.9 Å². The molecule has 0 saturated carbocycles. The quantitative estimate of drug-likeness (QED) is 0.299. The molecule has 3 aromatic carbocycles. The van der Waals surface area contributed by atoms with E-state index in [1.54, 1.807) is 10.9 Å². The van der Waals surface area contributed by atoms with Crippen LogP contribution in [0.4, 0.5) is 0 Å². The minimum atomic E-state index is -0.0461. The molecule has 0 unspecified atom stereocenters. The van der Waals surface area contributed by atoms with Crippen LogP contribution in [0.1, 0.15) is 18.4 Å². The lowest BCUT2D eigenvalue weighted by atomic mass is 10.1. The Hall–Kier alpha value is -2.99. The molecule has 0 spiro atoms. The molecular formula is C27H22ClN3OS. The Labute approximate surface area is 200 Å². The fourth-order valence-corrected chi connectivity index (χ4v) is 5.75. The van der Waals surface area contributed by atoms with Crippen LogP contribution in [0.3, 0.4) is 0 Å². The van der Waals surface area contributed by atoms with Crippen molar-refractivity contribution in [3.8, 4) is 16.1 Å². The highest BCUT2D eigenvalue weighted by Gasteiger charge is 2.14. The summed E-state index contributed by atoms with van der Waals surface area (Å²) in [5.74, 6) is 0. The van der Waals surface area contributed by atoms with Crippen molar-refractivity contribution in [3.05, 3.63) is 94.0 Å². The zero-order valence-corrected chi connectivity index (χ0v) is 19.6. The van der Waals surface area contributed by atoms with Gasteiger partial charge in [0.05, 0.1) is 11.2 Å². The van der Waals surface area contributed by atoms with Crippen molar-refractivity contribution < 1.29 is 0 Å². The average Bonchev–Trinajstić information content (AvgIpc) is 3.50. The summed E-state index contributed by atoms with van der Waals surface area (Å²) in [6, 6.07) is 22.4. The van der Waals surface area contributed by atoms with Crippen LogP contribution in [0.15, 0.2) is 77.9 Å². The molecule has 0 amide bonds. The number of fused-ring (bicyclic) bond motifs is 2. The van der Waals surface area contributed by atoms with Crippen molar-refractivity contribution >= 4 is 43.9 Å². The summed E-state index contributed by atoms with van der Waals surface area (Å²) in [4.78, 5) is 21.4. The molecule has 6 heteroatoms. The minimum Gasteiger partial charge on any atom is -0.299 e. The third kappa shape index (κ3) is 3.97. The number of rotatable bonds is 4. The van der Waals surface area contributed by atoms with Crippen LogP contribution in [0.2, 0.25) is 5.02 Å². The zero-order valence-electron chi connectivity index (χ0n) is 18.0. The standard InChI is InChI=1S/C27H22ClN3OS/c28-22-8-5-19(6-9-22)25-15-24-26(33-25)27(32)31(17-29-24)23-10-7-20-13-18(3-4-21(20)14-23)16-30-11-1-2-12-30/h3-10,13-15,17H,1-2,11-12,16H2. The first kappa shape index (κ1) is 20.6. The summed E-state index contributed by atoms with van der Waals surface area (Å²) in [6.45, 7) is 3.39. The van der Waals surface area contributed by atoms with Crippen LogP contribution >= 0.6 is 22.9 Å². The Morgan fingerprint density at radius 3 is 2.48 bits per heavy atom. The predicted octanol–water partition coefficient (Wildman–Crippen LogP) is 6.52. The molecule has 0 aliphatic carbocycles. The highest BCUT2D eigenvalue weighted by molar-refractivity contribution is 7.22. The molecule has 0 bridgehead atoms. The van der Waals surface area contributed by atoms with E-state index in [2.05, 4.69) is 40.2 Å². The summed E-state index contributed by atoms with van der Waals surface area (Å²) < 4.78 is 2.30. The van der Waals surface area contributed by atoms with Crippen molar-refractivity contribution in [1.82, 2.24) is 14.5 Å². The van der Waals surface area contributed by atoms with Gasteiger partial charge in [-0.15, -0.1) is 11.3 Å². The second-order valence-corrected chi connectivity index (χ2v) is 10.1. The van der Waals surface area contributed by atoms with Gasteiger partial charge in [0.25, 0.3) is 5.56 Å². The maximum atomic E-state index is 13.3. The molecule has 0 N–H and O–H groups in total. The number of likely N-dealkylation sites (tertiary alicyclic amines) is 1. The molecule has 5 aromatic rings. The number of nitrogens with zero attached hydrogens (tertiary/aromatic N) is 3. The van der Waals surface area contributed by atoms with Gasteiger partial charge >= 0.3 is 0 Å². The maximum Gasteiger partial charge on any atom is 0.275 e. The third-order valence-corrected chi connectivity index (χ3v) is 7.75. The number of hydrogen-bond donors (Lipinski definition) is 0. The Kier molecular flexibility index (Phi) is 5.25. The van der Waals surface area contributed by atoms with Crippen LogP contribution < -0.4 is 5.56 Å². The molecule has 2 aromatic heterocycles. The van der Waals surface area contributed by atoms with E-state index in [1.807, 2.05) is 36.4 Å². The topological polar surface area (TPSA) is 38.1 Å². The van der Waals surface area contributed by atoms with E-state index in [1.165, 1.54) is 48.2 Å². The van der Waals surface area contributed by atoms with E-state index in [0.717, 1.165) is 33.6 Å². The Morgan fingerprint density at radius 2 is 1.67 bits per heavy atom. The molecule has 1 aliphatic rings. The van der Waals surface area contributed by atoms with Gasteiger partial charge in [-0.25, -0.2) is 4.98 Å². The van der Waals surface area contributed by atoms with E-state index in [4.69, 9.17) is 11.6 Å². The predicted molar refractivity (Wildman–Crippen MR) is 138 cm³/mol. The molecule has 1 fully saturated rings. The van der Waals surface area contributed by atoms with Crippen LogP contribution in [0.25, 0.3) is 37.1 Å². The SMILES string of the molecule is O=c1c2sc(-c3ccc(Cl)cc3)cc2ncn1-c1ccc2cc(CN3CCCC3)ccc2c1. The van der Waals surface area contributed by atoms with Crippen LogP contribution in [-0.4, -0.2) is 27.5 Å². The fraction of sp³-hybridized carbons (Fsp3) is 0.185. The molecule has 6 rings (SSSR count). The number of hydrogen-bond acceptors (Lipinski definition) is 4. The number of thiophene rings is 1. The second-order valence-electron chi connectivity index (χ2n) is 8.60. The molecule has 1 saturated heterocycles. The summed E-state index contributed by atoms with van der Waals surface area (Å²) in [6.07, 6.45) is 4.23. The number of benzene rings is 3. The molecule has 164 valence electrons. The molecule has 0 atom stereocenters. The van der Waals surface area contributed by atoms with Gasteiger partial charge in [-0.2, -0.15) is 0 Å². The van der Waals surface area contributed by atoms with E-state index < -0.39 is 0 Å². The first-order valence-corrected chi connectivity index (χ1v) is 12.4. The summed E-state index contributed by atoms with van der Waals surface area (Å²) >= 11 is 7.48. The van der Waals surface area contributed by atoms with Gasteiger partial charge in [-0.3, -0.25) is 14.3 Å². The van der Waals surface area contributed by atoms with Gasteiger partial charge in [0.2, 0.25) is 0 Å². The van der Waals surface area contributed by atoms with Crippen LogP contribution in [-0.2, 0) is 6.54 Å². The van der Waals surface area contributed by atoms with E-state index >= 15 is 0 Å². The van der Waals surface area contributed by atoms with Gasteiger partial charge < -0.3 is 0 Å². The van der Waals surface area contributed by atoms with Crippen LogP contribution in [0, 0.1) is 0 Å². The first-order valence-electron chi connectivity index (χ1n) is 11.2. The van der Waals surface area contributed by atoms with Crippen molar-refractivity contribution in [2.24, 2.45) is 0 Å². The second kappa shape index (κ2) is 8.41. The molecule has 0 radical (unpaired) electrons. The van der Waals surface area contributed by atoms with Gasteiger partial charge in [0.1, 0.15) is 11.0 Å². The molecular weight excluding hydrogens is 450 g/mol. The molecule has 1 aliphatic heterocycles. The van der Waals surface area contributed by atoms with Crippen molar-refractivity contribution in [3.63, 3.8) is 0 Å². The Bertz CT molecular complexity index is 1530. The van der Waals surface area contributed by atoms with Crippen molar-refractivity contribution in [2.75, 3.05) is 13.1 Å². The van der Waals surface area contributed by atoms with Crippen molar-refractivity contribution in [1.29, 1.82) is 0 Å². The normalized spacial score (nSPS) is 14.5. The molecule has 4 nitrogen and oxygen atoms in total. The largest absolute Gasteiger partial charge is 0.299 e. The van der Waals surface area contributed by atoms with E-state index in [0.29, 0.717) is 9.72 Å². The molecule has 33 heavy (non-hydrogen) atoms. The summed E-state index contributed by atoms with van der Waals surface area (Å²) in [5, 5.41) is 3.01. The van der Waals surface area contributed by atoms with Crippen LogP contribution in [0.5, 0.6) is 0 Å². The third-order valence-electron chi connectivity index (χ3n) is 6.34. The lowest BCUT2D eigenvalue weighted by molar-refractivity contribution is 0.331. The van der Waals surface area contributed by atoms with Gasteiger partial charge in [0.15, 0.2) is 0 Å². The van der Waals surface area contributed by atoms with Crippen molar-refractivity contribution in [2.45, 2.75) is 19.4 Å². The number of halogens is 1. The van der Waals surface area contributed by atoms with E-state index in [-0.39, 0.29) is 5.56 Å². The Morgan fingerprint density at radius 1 is 0.909 bits per heavy atom. The van der Waals surface area contributed by atoms with E-state index in [9.17, 15) is 4.79 Å². The zero-order chi connectivity index (χ0) is 22.4. The van der Waals surface area contributed by atoms with Gasteiger partial charge in [0, 0.05) is 16.4 Å². The minimum absolute atomic E-state index is 0.0461.